The first-order chi connectivity index (χ1) is 13.6. The maximum Gasteiger partial charge on any atom is 0.328 e. The highest BCUT2D eigenvalue weighted by Gasteiger charge is 2.24. The quantitative estimate of drug-likeness (QED) is 0.505. The number of esters is 1. The topological polar surface area (TPSA) is 67.9 Å². The van der Waals surface area contributed by atoms with Gasteiger partial charge in [-0.3, -0.25) is 0 Å². The van der Waals surface area contributed by atoms with Crippen LogP contribution in [0.5, 0.6) is 0 Å². The van der Waals surface area contributed by atoms with E-state index in [0.29, 0.717) is 32.7 Å². The molecule has 0 saturated carbocycles. The summed E-state index contributed by atoms with van der Waals surface area (Å²) >= 11 is 0. The van der Waals surface area contributed by atoms with Gasteiger partial charge in [-0.1, -0.05) is 60.7 Å². The van der Waals surface area contributed by atoms with Gasteiger partial charge in [0.2, 0.25) is 0 Å². The van der Waals surface area contributed by atoms with Crippen molar-refractivity contribution in [2.75, 3.05) is 26.8 Å². The van der Waals surface area contributed by atoms with E-state index in [2.05, 4.69) is 5.32 Å². The van der Waals surface area contributed by atoms with Crippen LogP contribution in [0, 0.1) is 0 Å². The number of carbonyl (C=O) groups is 2. The Bertz CT molecular complexity index is 722. The number of rotatable bonds is 10. The predicted molar refractivity (Wildman–Crippen MR) is 108 cm³/mol. The molecule has 0 fully saturated rings. The van der Waals surface area contributed by atoms with Crippen LogP contribution in [-0.4, -0.2) is 49.7 Å². The smallest absolute Gasteiger partial charge is 0.328 e. The van der Waals surface area contributed by atoms with Crippen LogP contribution in [0.15, 0.2) is 60.7 Å². The van der Waals surface area contributed by atoms with E-state index in [1.165, 1.54) is 7.11 Å². The molecule has 1 N–H and O–H groups in total. The minimum absolute atomic E-state index is 0.308. The van der Waals surface area contributed by atoms with E-state index in [1.54, 1.807) is 4.90 Å². The molecule has 0 spiro atoms. The van der Waals surface area contributed by atoms with Crippen molar-refractivity contribution in [2.24, 2.45) is 0 Å². The average Bonchev–Trinajstić information content (AvgIpc) is 2.74. The third kappa shape index (κ3) is 7.04. The normalized spacial score (nSPS) is 11.5. The summed E-state index contributed by atoms with van der Waals surface area (Å²) in [6.45, 7) is 3.76. The summed E-state index contributed by atoms with van der Waals surface area (Å²) in [5, 5.41) is 2.78. The highest BCUT2D eigenvalue weighted by Crippen LogP contribution is 2.06. The monoisotopic (exact) mass is 384 g/mol. The first-order valence-corrected chi connectivity index (χ1v) is 9.43. The average molecular weight is 384 g/mol. The largest absolute Gasteiger partial charge is 0.467 e. The lowest BCUT2D eigenvalue weighted by Crippen LogP contribution is -2.50. The Morgan fingerprint density at radius 1 is 1.00 bits per heavy atom. The van der Waals surface area contributed by atoms with E-state index in [0.717, 1.165) is 11.1 Å². The van der Waals surface area contributed by atoms with E-state index in [-0.39, 0.29) is 6.03 Å². The number of hydrogen-bond acceptors (Lipinski definition) is 4. The lowest BCUT2D eigenvalue weighted by Gasteiger charge is -2.24. The number of methoxy groups -OCH3 is 1. The fourth-order valence-corrected chi connectivity index (χ4v) is 2.77. The highest BCUT2D eigenvalue weighted by atomic mass is 16.5. The van der Waals surface area contributed by atoms with Gasteiger partial charge in [-0.2, -0.15) is 0 Å². The Balaban J connectivity index is 1.85. The second-order valence-electron chi connectivity index (χ2n) is 6.33. The zero-order valence-electron chi connectivity index (χ0n) is 16.5. The number of benzene rings is 2. The van der Waals surface area contributed by atoms with Crippen LogP contribution in [-0.2, 0) is 27.3 Å². The van der Waals surface area contributed by atoms with Crippen LogP contribution in [0.1, 0.15) is 18.1 Å². The standard InChI is InChI=1S/C22H28N2O4/c1-3-24(14-15-28-17-19-12-8-5-9-13-19)22(26)23-20(21(25)27-2)16-18-10-6-4-7-11-18/h4-13,20H,3,14-17H2,1-2H3,(H,23,26)/t20-/m0/s1. The summed E-state index contributed by atoms with van der Waals surface area (Å²) in [5.74, 6) is -0.464. The van der Waals surface area contributed by atoms with Crippen molar-refractivity contribution in [2.45, 2.75) is 26.0 Å². The molecule has 0 radical (unpaired) electrons. The van der Waals surface area contributed by atoms with Crippen LogP contribution in [0.25, 0.3) is 0 Å². The molecule has 0 aliphatic rings. The number of nitrogens with zero attached hydrogens (tertiary/aromatic N) is 1. The molecule has 28 heavy (non-hydrogen) atoms. The van der Waals surface area contributed by atoms with E-state index in [4.69, 9.17) is 9.47 Å². The van der Waals surface area contributed by atoms with Crippen LogP contribution in [0.2, 0.25) is 0 Å². The molecule has 0 saturated heterocycles. The molecule has 0 bridgehead atoms. The van der Waals surface area contributed by atoms with Crippen LogP contribution in [0.3, 0.4) is 0 Å². The minimum atomic E-state index is -0.737. The van der Waals surface area contributed by atoms with Crippen molar-refractivity contribution in [1.82, 2.24) is 10.2 Å². The number of ether oxygens (including phenoxy) is 2. The second kappa shape index (κ2) is 11.8. The Morgan fingerprint density at radius 2 is 1.61 bits per heavy atom. The van der Waals surface area contributed by atoms with Gasteiger partial charge in [-0.05, 0) is 18.1 Å². The number of hydrogen-bond donors (Lipinski definition) is 1. The van der Waals surface area contributed by atoms with Crippen LogP contribution < -0.4 is 5.32 Å². The molecule has 2 rings (SSSR count). The van der Waals surface area contributed by atoms with Gasteiger partial charge >= 0.3 is 12.0 Å². The van der Waals surface area contributed by atoms with Gasteiger partial charge in [0.05, 0.1) is 20.3 Å². The Morgan fingerprint density at radius 3 is 2.18 bits per heavy atom. The van der Waals surface area contributed by atoms with Gasteiger partial charge < -0.3 is 19.7 Å². The predicted octanol–water partition coefficient (Wildman–Crippen LogP) is 3.02. The van der Waals surface area contributed by atoms with Crippen molar-refractivity contribution < 1.29 is 19.1 Å². The molecule has 0 unspecified atom stereocenters. The molecule has 0 aromatic heterocycles. The van der Waals surface area contributed by atoms with Gasteiger partial charge in [-0.15, -0.1) is 0 Å². The molecule has 0 aliphatic heterocycles. The van der Waals surface area contributed by atoms with Crippen LogP contribution in [0.4, 0.5) is 4.79 Å². The number of urea groups is 1. The molecule has 150 valence electrons. The molecule has 0 aliphatic carbocycles. The molecule has 6 nitrogen and oxygen atoms in total. The van der Waals surface area contributed by atoms with Gasteiger partial charge in [0.25, 0.3) is 0 Å². The molecule has 6 heteroatoms. The molecule has 2 aromatic rings. The van der Waals surface area contributed by atoms with Gasteiger partial charge in [0.1, 0.15) is 6.04 Å². The summed E-state index contributed by atoms with van der Waals surface area (Å²) in [4.78, 5) is 26.3. The third-order valence-electron chi connectivity index (χ3n) is 4.35. The fraction of sp³-hybridized carbons (Fsp3) is 0.364. The molecule has 1 atom stereocenters. The Kier molecular flexibility index (Phi) is 9.01. The molecular formula is C22H28N2O4. The van der Waals surface area contributed by atoms with E-state index < -0.39 is 12.0 Å². The molecular weight excluding hydrogens is 356 g/mol. The van der Waals surface area contributed by atoms with Crippen molar-refractivity contribution in [1.29, 1.82) is 0 Å². The van der Waals surface area contributed by atoms with Crippen LogP contribution >= 0.6 is 0 Å². The first-order valence-electron chi connectivity index (χ1n) is 9.43. The summed E-state index contributed by atoms with van der Waals surface area (Å²) in [6.07, 6.45) is 0.376. The van der Waals surface area contributed by atoms with Crippen molar-refractivity contribution >= 4 is 12.0 Å². The van der Waals surface area contributed by atoms with Gasteiger partial charge in [0, 0.05) is 19.5 Å². The van der Waals surface area contributed by atoms with E-state index in [1.807, 2.05) is 67.6 Å². The number of amides is 2. The van der Waals surface area contributed by atoms with Crippen molar-refractivity contribution in [3.05, 3.63) is 71.8 Å². The van der Waals surface area contributed by atoms with Gasteiger partial charge in [-0.25, -0.2) is 9.59 Å². The summed E-state index contributed by atoms with van der Waals surface area (Å²) in [7, 11) is 1.32. The lowest BCUT2D eigenvalue weighted by molar-refractivity contribution is -0.142. The molecule has 2 amide bonds. The van der Waals surface area contributed by atoms with Crippen molar-refractivity contribution in [3.63, 3.8) is 0 Å². The SMILES string of the molecule is CCN(CCOCc1ccccc1)C(=O)N[C@@H](Cc1ccccc1)C(=O)OC. The third-order valence-corrected chi connectivity index (χ3v) is 4.35. The number of likely N-dealkylation sites (N-methyl/N-ethyl adjacent to an activating group) is 1. The summed E-state index contributed by atoms with van der Waals surface area (Å²) in [6, 6.07) is 18.4. The molecule has 2 aromatic carbocycles. The maximum absolute atomic E-state index is 12.6. The van der Waals surface area contributed by atoms with E-state index in [9.17, 15) is 9.59 Å². The first kappa shape index (κ1) is 21.4. The minimum Gasteiger partial charge on any atom is -0.467 e. The number of nitrogens with one attached hydrogen (secondary N) is 1. The Hall–Kier alpha value is -2.86. The zero-order chi connectivity index (χ0) is 20.2. The second-order valence-corrected chi connectivity index (χ2v) is 6.33. The number of carbonyl (C=O) groups excluding carboxylic acids is 2. The highest BCUT2D eigenvalue weighted by molar-refractivity contribution is 5.83. The summed E-state index contributed by atoms with van der Waals surface area (Å²) < 4.78 is 10.5. The maximum atomic E-state index is 12.6. The van der Waals surface area contributed by atoms with E-state index >= 15 is 0 Å². The Labute approximate surface area is 166 Å². The fourth-order valence-electron chi connectivity index (χ4n) is 2.77. The zero-order valence-corrected chi connectivity index (χ0v) is 16.5. The van der Waals surface area contributed by atoms with Crippen molar-refractivity contribution in [3.8, 4) is 0 Å². The lowest BCUT2D eigenvalue weighted by atomic mass is 10.1. The summed E-state index contributed by atoms with van der Waals surface area (Å²) in [5.41, 5.74) is 2.04. The van der Waals surface area contributed by atoms with Gasteiger partial charge in [0.15, 0.2) is 0 Å². The molecule has 0 heterocycles.